The van der Waals surface area contributed by atoms with Crippen LogP contribution in [0.1, 0.15) is 26.7 Å². The molecule has 0 saturated carbocycles. The van der Waals surface area contributed by atoms with Crippen LogP contribution in [0, 0.1) is 0 Å². The molecule has 0 bridgehead atoms. The highest BCUT2D eigenvalue weighted by molar-refractivity contribution is 5.06. The monoisotopic (exact) mass is 186 g/mol. The van der Waals surface area contributed by atoms with Crippen molar-refractivity contribution in [3.8, 4) is 0 Å². The minimum absolute atomic E-state index is 0.0753. The quantitative estimate of drug-likeness (QED) is 0.629. The lowest BCUT2D eigenvalue weighted by atomic mass is 9.93. The summed E-state index contributed by atoms with van der Waals surface area (Å²) in [5.41, 5.74) is 0.369. The van der Waals surface area contributed by atoms with E-state index in [9.17, 15) is 5.11 Å². The van der Waals surface area contributed by atoms with Crippen LogP contribution in [0.25, 0.3) is 0 Å². The smallest absolute Gasteiger partial charge is 0.0864 e. The van der Waals surface area contributed by atoms with Gasteiger partial charge in [0.15, 0.2) is 0 Å². The topological polar surface area (TPSA) is 49.7 Å². The van der Waals surface area contributed by atoms with Gasteiger partial charge in [-0.15, -0.1) is 0 Å². The van der Waals surface area contributed by atoms with Crippen LogP contribution in [0.5, 0.6) is 0 Å². The van der Waals surface area contributed by atoms with Gasteiger partial charge in [0.1, 0.15) is 0 Å². The van der Waals surface area contributed by atoms with Gasteiger partial charge in [0.2, 0.25) is 0 Å². The normalized spacial score (nSPS) is 28.0. The van der Waals surface area contributed by atoms with Gasteiger partial charge in [0.25, 0.3) is 0 Å². The molecule has 0 amide bonds. The third-order valence-corrected chi connectivity index (χ3v) is 2.37. The number of aliphatic hydroxyl groups is 2. The zero-order valence-electron chi connectivity index (χ0n) is 8.29. The molecule has 3 nitrogen and oxygen atoms in total. The molecule has 76 valence electrons. The second kappa shape index (κ2) is 4.22. The summed E-state index contributed by atoms with van der Waals surface area (Å²) in [7, 11) is 0. The van der Waals surface area contributed by atoms with Crippen LogP contribution in [0.15, 0.2) is 11.6 Å². The Labute approximate surface area is 79.0 Å². The largest absolute Gasteiger partial charge is 0.392 e. The van der Waals surface area contributed by atoms with Crippen molar-refractivity contribution in [2.24, 2.45) is 0 Å². The van der Waals surface area contributed by atoms with Crippen LogP contribution in [0.4, 0.5) is 0 Å². The Bertz CT molecular complexity index is 181. The Hall–Kier alpha value is -0.380. The van der Waals surface area contributed by atoms with Crippen molar-refractivity contribution in [3.05, 3.63) is 11.6 Å². The van der Waals surface area contributed by atoms with E-state index in [-0.39, 0.29) is 12.7 Å². The summed E-state index contributed by atoms with van der Waals surface area (Å²) in [5, 5.41) is 18.3. The molecule has 0 aromatic heterocycles. The van der Waals surface area contributed by atoms with E-state index in [1.807, 2.05) is 0 Å². The molecule has 0 unspecified atom stereocenters. The van der Waals surface area contributed by atoms with E-state index in [0.29, 0.717) is 6.61 Å². The average molecular weight is 186 g/mol. The highest BCUT2D eigenvalue weighted by Gasteiger charge is 2.30. The summed E-state index contributed by atoms with van der Waals surface area (Å²) in [4.78, 5) is 0. The summed E-state index contributed by atoms with van der Waals surface area (Å²) in [6.45, 7) is 4.14. The fourth-order valence-corrected chi connectivity index (χ4v) is 1.53. The van der Waals surface area contributed by atoms with Crippen LogP contribution >= 0.6 is 0 Å². The fourth-order valence-electron chi connectivity index (χ4n) is 1.53. The van der Waals surface area contributed by atoms with Crippen molar-refractivity contribution in [1.82, 2.24) is 0 Å². The van der Waals surface area contributed by atoms with Crippen molar-refractivity contribution < 1.29 is 14.9 Å². The second-order valence-corrected chi connectivity index (χ2v) is 4.04. The summed E-state index contributed by atoms with van der Waals surface area (Å²) in [6.07, 6.45) is 3.44. The van der Waals surface area contributed by atoms with Gasteiger partial charge in [0, 0.05) is 0 Å². The SMILES string of the molecule is CC(C)(O)[C@H]1CC/C(=C\CO)CO1. The van der Waals surface area contributed by atoms with E-state index in [4.69, 9.17) is 9.84 Å². The zero-order valence-corrected chi connectivity index (χ0v) is 8.29. The predicted octanol–water partition coefficient (Wildman–Crippen LogP) is 0.855. The Balaban J connectivity index is 2.44. The van der Waals surface area contributed by atoms with Crippen LogP contribution in [-0.4, -0.2) is 35.1 Å². The van der Waals surface area contributed by atoms with E-state index < -0.39 is 5.60 Å². The predicted molar refractivity (Wildman–Crippen MR) is 50.4 cm³/mol. The van der Waals surface area contributed by atoms with Gasteiger partial charge < -0.3 is 14.9 Å². The van der Waals surface area contributed by atoms with Crippen molar-refractivity contribution in [3.63, 3.8) is 0 Å². The third-order valence-electron chi connectivity index (χ3n) is 2.37. The average Bonchev–Trinajstić information content (AvgIpc) is 2.04. The van der Waals surface area contributed by atoms with Crippen molar-refractivity contribution in [2.45, 2.75) is 38.4 Å². The fraction of sp³-hybridized carbons (Fsp3) is 0.800. The second-order valence-electron chi connectivity index (χ2n) is 4.04. The molecular formula is C10H18O3. The number of ether oxygens (including phenoxy) is 1. The molecule has 1 aliphatic heterocycles. The maximum atomic E-state index is 9.66. The van der Waals surface area contributed by atoms with Crippen molar-refractivity contribution in [1.29, 1.82) is 0 Å². The molecule has 0 aromatic carbocycles. The van der Waals surface area contributed by atoms with Crippen LogP contribution < -0.4 is 0 Å². The Kier molecular flexibility index (Phi) is 3.47. The number of hydrogen-bond acceptors (Lipinski definition) is 3. The highest BCUT2D eigenvalue weighted by atomic mass is 16.5. The first-order chi connectivity index (χ1) is 6.04. The molecule has 1 rings (SSSR count). The third kappa shape index (κ3) is 3.10. The molecule has 0 aromatic rings. The van der Waals surface area contributed by atoms with Crippen LogP contribution in [-0.2, 0) is 4.74 Å². The first-order valence-electron chi connectivity index (χ1n) is 4.67. The highest BCUT2D eigenvalue weighted by Crippen LogP contribution is 2.25. The summed E-state index contributed by atoms with van der Waals surface area (Å²) in [6, 6.07) is 0. The number of hydrogen-bond donors (Lipinski definition) is 2. The summed E-state index contributed by atoms with van der Waals surface area (Å²) < 4.78 is 5.48. The molecule has 2 N–H and O–H groups in total. The first kappa shape index (κ1) is 10.7. The Morgan fingerprint density at radius 3 is 2.69 bits per heavy atom. The summed E-state index contributed by atoms with van der Waals surface area (Å²) >= 11 is 0. The lowest BCUT2D eigenvalue weighted by molar-refractivity contribution is -0.0954. The van der Waals surface area contributed by atoms with E-state index >= 15 is 0 Å². The standard InChI is InChI=1S/C10H18O3/c1-10(2,12)9-4-3-8(5-6-11)7-13-9/h5,9,11-12H,3-4,6-7H2,1-2H3/b8-5+/t9-/m1/s1. The van der Waals surface area contributed by atoms with Crippen molar-refractivity contribution in [2.75, 3.05) is 13.2 Å². The lowest BCUT2D eigenvalue weighted by Gasteiger charge is -2.33. The van der Waals surface area contributed by atoms with Crippen LogP contribution in [0.3, 0.4) is 0 Å². The van der Waals surface area contributed by atoms with E-state index in [1.165, 1.54) is 0 Å². The first-order valence-corrected chi connectivity index (χ1v) is 4.67. The van der Waals surface area contributed by atoms with Gasteiger partial charge in [-0.25, -0.2) is 0 Å². The maximum absolute atomic E-state index is 9.66. The van der Waals surface area contributed by atoms with Gasteiger partial charge in [-0.2, -0.15) is 0 Å². The zero-order chi connectivity index (χ0) is 9.90. The Morgan fingerprint density at radius 1 is 1.62 bits per heavy atom. The van der Waals surface area contributed by atoms with Gasteiger partial charge in [-0.05, 0) is 32.3 Å². The minimum atomic E-state index is -0.759. The van der Waals surface area contributed by atoms with E-state index in [2.05, 4.69) is 0 Å². The van der Waals surface area contributed by atoms with Crippen molar-refractivity contribution >= 4 is 0 Å². The number of rotatable bonds is 2. The molecule has 1 aliphatic rings. The molecule has 1 saturated heterocycles. The molecule has 3 heteroatoms. The Morgan fingerprint density at radius 2 is 2.31 bits per heavy atom. The molecule has 0 spiro atoms. The van der Waals surface area contributed by atoms with E-state index in [1.54, 1.807) is 19.9 Å². The van der Waals surface area contributed by atoms with Gasteiger partial charge in [0.05, 0.1) is 24.9 Å². The maximum Gasteiger partial charge on any atom is 0.0864 e. The molecule has 0 radical (unpaired) electrons. The summed E-state index contributed by atoms with van der Waals surface area (Å²) in [5.74, 6) is 0. The molecule has 1 atom stereocenters. The van der Waals surface area contributed by atoms with E-state index in [0.717, 1.165) is 18.4 Å². The lowest BCUT2D eigenvalue weighted by Crippen LogP contribution is -2.40. The van der Waals surface area contributed by atoms with Crippen LogP contribution in [0.2, 0.25) is 0 Å². The minimum Gasteiger partial charge on any atom is -0.392 e. The van der Waals surface area contributed by atoms with Gasteiger partial charge >= 0.3 is 0 Å². The number of aliphatic hydroxyl groups excluding tert-OH is 1. The molecule has 1 fully saturated rings. The molecule has 13 heavy (non-hydrogen) atoms. The molecular weight excluding hydrogens is 168 g/mol. The van der Waals surface area contributed by atoms with Gasteiger partial charge in [-0.1, -0.05) is 6.08 Å². The van der Waals surface area contributed by atoms with Gasteiger partial charge in [-0.3, -0.25) is 0 Å². The molecule has 1 heterocycles. The molecule has 0 aliphatic carbocycles.